The summed E-state index contributed by atoms with van der Waals surface area (Å²) in [5.74, 6) is 1.73. The summed E-state index contributed by atoms with van der Waals surface area (Å²) in [5, 5.41) is 0. The molecule has 19 heavy (non-hydrogen) atoms. The van der Waals surface area contributed by atoms with Gasteiger partial charge in [-0.05, 0) is 48.9 Å². The number of pyridine rings is 1. The van der Waals surface area contributed by atoms with Gasteiger partial charge in [-0.1, -0.05) is 18.9 Å². The fourth-order valence-corrected chi connectivity index (χ4v) is 2.33. The van der Waals surface area contributed by atoms with E-state index in [2.05, 4.69) is 51.6 Å². The molecular weight excluding hydrogens is 326 g/mol. The number of aromatic nitrogens is 1. The van der Waals surface area contributed by atoms with E-state index in [0.29, 0.717) is 12.5 Å². The zero-order valence-electron chi connectivity index (χ0n) is 11.8. The molecule has 1 aromatic heterocycles. The van der Waals surface area contributed by atoms with E-state index >= 15 is 0 Å². The maximum Gasteiger partial charge on any atom is 0.238 e. The van der Waals surface area contributed by atoms with Gasteiger partial charge < -0.3 is 14.4 Å². The first-order valence-corrected chi connectivity index (χ1v) is 8.22. The van der Waals surface area contributed by atoms with Crippen molar-refractivity contribution in [3.8, 4) is 5.88 Å². The van der Waals surface area contributed by atoms with E-state index in [9.17, 15) is 0 Å². The van der Waals surface area contributed by atoms with Gasteiger partial charge in [-0.15, -0.1) is 0 Å². The van der Waals surface area contributed by atoms with Gasteiger partial charge in [-0.25, -0.2) is 4.98 Å². The smallest absolute Gasteiger partial charge is 0.238 e. The van der Waals surface area contributed by atoms with Crippen LogP contribution in [-0.2, 0) is 0 Å². The first-order valence-electron chi connectivity index (χ1n) is 6.44. The molecule has 0 bridgehead atoms. The Morgan fingerprint density at radius 1 is 1.47 bits per heavy atom. The molecule has 0 radical (unpaired) electrons. The summed E-state index contributed by atoms with van der Waals surface area (Å²) in [6.45, 7) is 3.86. The van der Waals surface area contributed by atoms with Gasteiger partial charge in [0.05, 0.1) is 6.61 Å². The van der Waals surface area contributed by atoms with Gasteiger partial charge in [0.15, 0.2) is 0 Å². The minimum absolute atomic E-state index is 0.672. The lowest BCUT2D eigenvalue weighted by Crippen LogP contribution is -2.15. The maximum absolute atomic E-state index is 5.74. The van der Waals surface area contributed by atoms with Crippen LogP contribution in [0.25, 0.3) is 0 Å². The Balaban J connectivity index is 2.50. The summed E-state index contributed by atoms with van der Waals surface area (Å²) >= 11 is 5.11. The highest BCUT2D eigenvalue weighted by Gasteiger charge is 2.06. The van der Waals surface area contributed by atoms with Gasteiger partial charge in [-0.2, -0.15) is 0 Å². The van der Waals surface area contributed by atoms with Crippen molar-refractivity contribution in [2.75, 3.05) is 37.7 Å². The summed E-state index contributed by atoms with van der Waals surface area (Å²) in [4.78, 5) is 6.46. The monoisotopic (exact) mass is 347 g/mol. The van der Waals surface area contributed by atoms with E-state index in [4.69, 9.17) is 4.74 Å². The fourth-order valence-electron chi connectivity index (χ4n) is 1.40. The number of anilines is 1. The summed E-state index contributed by atoms with van der Waals surface area (Å²) in [6.07, 6.45) is 3.89. The van der Waals surface area contributed by atoms with Gasteiger partial charge in [0.1, 0.15) is 5.69 Å². The molecule has 0 unspecified atom stereocenters. The zero-order chi connectivity index (χ0) is 14.1. The van der Waals surface area contributed by atoms with E-state index in [1.54, 1.807) is 18.1 Å². The fraction of sp³-hybridized carbons (Fsp3) is 0.615. The van der Waals surface area contributed by atoms with Crippen LogP contribution in [-0.4, -0.2) is 42.9 Å². The molecule has 0 aromatic carbocycles. The quantitative estimate of drug-likeness (QED) is 0.545. The van der Waals surface area contributed by atoms with Gasteiger partial charge in [0.2, 0.25) is 5.88 Å². The van der Waals surface area contributed by atoms with Crippen molar-refractivity contribution in [2.24, 2.45) is 0 Å². The highest BCUT2D eigenvalue weighted by Crippen LogP contribution is 2.27. The van der Waals surface area contributed by atoms with Crippen molar-refractivity contribution in [1.29, 1.82) is 0 Å². The lowest BCUT2D eigenvalue weighted by atomic mass is 10.4. The Labute approximate surface area is 128 Å². The summed E-state index contributed by atoms with van der Waals surface area (Å²) < 4.78 is 9.98. The third kappa shape index (κ3) is 7.03. The molecule has 1 heterocycles. The normalized spacial score (nSPS) is 10.8. The van der Waals surface area contributed by atoms with Crippen molar-refractivity contribution in [3.63, 3.8) is 0 Å². The first kappa shape index (κ1) is 16.6. The molecule has 1 N–H and O–H groups in total. The molecule has 0 amide bonds. The van der Waals surface area contributed by atoms with Crippen molar-refractivity contribution < 1.29 is 4.74 Å². The van der Waals surface area contributed by atoms with Crippen LogP contribution in [0.3, 0.4) is 0 Å². The zero-order valence-corrected chi connectivity index (χ0v) is 14.2. The molecule has 1 aromatic rings. The van der Waals surface area contributed by atoms with Crippen molar-refractivity contribution >= 4 is 33.6 Å². The molecule has 0 saturated heterocycles. The number of hydrogen-bond acceptors (Lipinski definition) is 5. The molecule has 0 aliphatic rings. The minimum atomic E-state index is 0.672. The highest BCUT2D eigenvalue weighted by molar-refractivity contribution is 9.10. The van der Waals surface area contributed by atoms with Crippen LogP contribution >= 0.6 is 27.9 Å². The van der Waals surface area contributed by atoms with E-state index in [1.165, 1.54) is 0 Å². The lowest BCUT2D eigenvalue weighted by molar-refractivity contribution is 0.274. The third-order valence-electron chi connectivity index (χ3n) is 2.29. The van der Waals surface area contributed by atoms with Crippen LogP contribution < -0.4 is 9.46 Å². The molecular formula is C13H22BrN3OS. The summed E-state index contributed by atoms with van der Waals surface area (Å²) in [7, 11) is 4.12. The summed E-state index contributed by atoms with van der Waals surface area (Å²) in [5.41, 5.74) is 0.928. The number of halogens is 1. The minimum Gasteiger partial charge on any atom is -0.476 e. The molecule has 6 heteroatoms. The Bertz CT molecular complexity index is 377. The molecule has 108 valence electrons. The molecule has 4 nitrogen and oxygen atoms in total. The largest absolute Gasteiger partial charge is 0.476 e. The number of rotatable bonds is 9. The van der Waals surface area contributed by atoms with Crippen LogP contribution in [0.15, 0.2) is 16.7 Å². The van der Waals surface area contributed by atoms with Crippen molar-refractivity contribution in [2.45, 2.75) is 19.8 Å². The van der Waals surface area contributed by atoms with E-state index in [-0.39, 0.29) is 0 Å². The maximum atomic E-state index is 5.74. The predicted octanol–water partition coefficient (Wildman–Crippen LogP) is 3.64. The van der Waals surface area contributed by atoms with Gasteiger partial charge in [0, 0.05) is 23.0 Å². The second kappa shape index (κ2) is 9.44. The predicted molar refractivity (Wildman–Crippen MR) is 87.0 cm³/mol. The van der Waals surface area contributed by atoms with Crippen LogP contribution in [0.4, 0.5) is 5.69 Å². The molecule has 0 saturated carbocycles. The number of hydrogen-bond donors (Lipinski definition) is 1. The molecule has 0 spiro atoms. The Hall–Kier alpha value is -0.460. The average Bonchev–Trinajstić information content (AvgIpc) is 2.36. The van der Waals surface area contributed by atoms with Gasteiger partial charge >= 0.3 is 0 Å². The number of ether oxygens (including phenoxy) is 1. The van der Waals surface area contributed by atoms with Crippen LogP contribution in [0.1, 0.15) is 19.8 Å². The second-order valence-corrected chi connectivity index (χ2v) is 6.28. The average molecular weight is 348 g/mol. The van der Waals surface area contributed by atoms with Gasteiger partial charge in [0.25, 0.3) is 0 Å². The van der Waals surface area contributed by atoms with E-state index < -0.39 is 0 Å². The Morgan fingerprint density at radius 2 is 2.26 bits per heavy atom. The molecule has 0 aliphatic heterocycles. The summed E-state index contributed by atoms with van der Waals surface area (Å²) in [6, 6.07) is 2.00. The highest BCUT2D eigenvalue weighted by atomic mass is 79.9. The standard InChI is InChI=1S/C13H22BrN3OS/c1-4-8-19-16-12-9-11(14)10-15-13(12)18-7-5-6-17(2)3/h9-10,16H,4-8H2,1-3H3. The first-order chi connectivity index (χ1) is 9.13. The van der Waals surface area contributed by atoms with Crippen LogP contribution in [0.5, 0.6) is 5.88 Å². The van der Waals surface area contributed by atoms with Gasteiger partial charge in [-0.3, -0.25) is 0 Å². The number of nitrogens with zero attached hydrogens (tertiary/aromatic N) is 2. The lowest BCUT2D eigenvalue weighted by Gasteiger charge is -2.13. The third-order valence-corrected chi connectivity index (χ3v) is 3.70. The van der Waals surface area contributed by atoms with Crippen molar-refractivity contribution in [1.82, 2.24) is 9.88 Å². The van der Waals surface area contributed by atoms with Crippen molar-refractivity contribution in [3.05, 3.63) is 16.7 Å². The Morgan fingerprint density at radius 3 is 2.95 bits per heavy atom. The Kier molecular flexibility index (Phi) is 8.25. The van der Waals surface area contributed by atoms with Crippen LogP contribution in [0, 0.1) is 0 Å². The van der Waals surface area contributed by atoms with E-state index in [1.807, 2.05) is 6.07 Å². The second-order valence-electron chi connectivity index (χ2n) is 4.46. The number of nitrogens with one attached hydrogen (secondary N) is 1. The molecule has 0 aliphatic carbocycles. The molecule has 0 atom stereocenters. The topological polar surface area (TPSA) is 37.4 Å². The molecule has 0 fully saturated rings. The van der Waals surface area contributed by atoms with Crippen LogP contribution in [0.2, 0.25) is 0 Å². The van der Waals surface area contributed by atoms with E-state index in [0.717, 1.165) is 35.3 Å². The SMILES string of the molecule is CCCSNc1cc(Br)cnc1OCCCN(C)C. The molecule has 1 rings (SSSR count).